The number of carbonyl (C=O) groups is 2. The molecule has 1 fully saturated rings. The third kappa shape index (κ3) is 6.31. The van der Waals surface area contributed by atoms with Crippen LogP contribution in [0.1, 0.15) is 58.8 Å². The van der Waals surface area contributed by atoms with Gasteiger partial charge < -0.3 is 4.74 Å². The maximum absolute atomic E-state index is 12.4. The average molecular weight is 425 g/mol. The Morgan fingerprint density at radius 3 is 2.35 bits per heavy atom. The first kappa shape index (κ1) is 20.7. The van der Waals surface area contributed by atoms with E-state index in [2.05, 4.69) is 33.7 Å². The molecule has 0 spiro atoms. The molecule has 144 valence electrons. The van der Waals surface area contributed by atoms with Gasteiger partial charge in [-0.05, 0) is 62.3 Å². The van der Waals surface area contributed by atoms with Crippen molar-refractivity contribution in [1.82, 2.24) is 10.9 Å². The molecule has 0 unspecified atom stereocenters. The van der Waals surface area contributed by atoms with Crippen LogP contribution in [0, 0.1) is 11.8 Å². The van der Waals surface area contributed by atoms with Crippen LogP contribution in [0.15, 0.2) is 28.7 Å². The number of carbonyl (C=O) groups excluding carboxylic acids is 2. The molecular formula is C20H29BrN2O3. The Morgan fingerprint density at radius 2 is 1.77 bits per heavy atom. The van der Waals surface area contributed by atoms with Crippen molar-refractivity contribution in [3.63, 3.8) is 0 Å². The molecule has 0 bridgehead atoms. The van der Waals surface area contributed by atoms with E-state index in [0.717, 1.165) is 42.5 Å². The molecule has 1 aromatic carbocycles. The van der Waals surface area contributed by atoms with Crippen molar-refractivity contribution in [3.05, 3.63) is 28.7 Å². The lowest BCUT2D eigenvalue weighted by molar-refractivity contribution is -0.135. The fourth-order valence-corrected chi connectivity index (χ4v) is 3.59. The number of rotatable bonds is 7. The summed E-state index contributed by atoms with van der Waals surface area (Å²) in [6.45, 7) is 4.20. The molecule has 6 heteroatoms. The summed E-state index contributed by atoms with van der Waals surface area (Å²) in [5.74, 6) is 0.958. The molecule has 0 heterocycles. The zero-order valence-corrected chi connectivity index (χ0v) is 17.2. The van der Waals surface area contributed by atoms with Gasteiger partial charge in [-0.3, -0.25) is 20.4 Å². The van der Waals surface area contributed by atoms with Crippen LogP contribution >= 0.6 is 15.9 Å². The zero-order valence-electron chi connectivity index (χ0n) is 15.6. The highest BCUT2D eigenvalue weighted by atomic mass is 79.9. The molecule has 0 saturated heterocycles. The van der Waals surface area contributed by atoms with Gasteiger partial charge in [-0.25, -0.2) is 0 Å². The van der Waals surface area contributed by atoms with Crippen LogP contribution in [-0.4, -0.2) is 17.9 Å². The number of amides is 2. The average Bonchev–Trinajstić information content (AvgIpc) is 2.67. The van der Waals surface area contributed by atoms with Crippen molar-refractivity contribution >= 4 is 27.7 Å². The lowest BCUT2D eigenvalue weighted by Crippen LogP contribution is -2.50. The Kier molecular flexibility index (Phi) is 8.42. The Bertz CT molecular complexity index is 583. The predicted octanol–water partition coefficient (Wildman–Crippen LogP) is 4.36. The SMILES string of the molecule is CCC[C@@H](Oc1ccc(Br)cc1)C(=O)NNC(=O)C1CCC(CC)CC1. The lowest BCUT2D eigenvalue weighted by atomic mass is 9.80. The number of halogens is 1. The second kappa shape index (κ2) is 10.6. The molecule has 26 heavy (non-hydrogen) atoms. The highest BCUT2D eigenvalue weighted by Gasteiger charge is 2.26. The van der Waals surface area contributed by atoms with Crippen molar-refractivity contribution in [3.8, 4) is 5.75 Å². The third-order valence-corrected chi connectivity index (χ3v) is 5.57. The van der Waals surface area contributed by atoms with Crippen molar-refractivity contribution in [2.45, 2.75) is 64.9 Å². The largest absolute Gasteiger partial charge is 0.481 e. The van der Waals surface area contributed by atoms with E-state index in [0.29, 0.717) is 12.2 Å². The van der Waals surface area contributed by atoms with Gasteiger partial charge in [0.1, 0.15) is 5.75 Å². The molecular weight excluding hydrogens is 396 g/mol. The Hall–Kier alpha value is -1.56. The van der Waals surface area contributed by atoms with Gasteiger partial charge >= 0.3 is 0 Å². The van der Waals surface area contributed by atoms with E-state index in [-0.39, 0.29) is 17.7 Å². The number of hydrazine groups is 1. The van der Waals surface area contributed by atoms with Crippen LogP contribution < -0.4 is 15.6 Å². The van der Waals surface area contributed by atoms with E-state index in [4.69, 9.17) is 4.74 Å². The fourth-order valence-electron chi connectivity index (χ4n) is 3.32. The van der Waals surface area contributed by atoms with Gasteiger partial charge in [0.15, 0.2) is 6.10 Å². The minimum atomic E-state index is -0.627. The second-order valence-electron chi connectivity index (χ2n) is 6.95. The summed E-state index contributed by atoms with van der Waals surface area (Å²) in [5.41, 5.74) is 5.14. The Morgan fingerprint density at radius 1 is 1.12 bits per heavy atom. The Labute approximate surface area is 164 Å². The molecule has 0 aliphatic heterocycles. The maximum Gasteiger partial charge on any atom is 0.279 e. The van der Waals surface area contributed by atoms with Gasteiger partial charge in [0, 0.05) is 10.4 Å². The number of hydrogen-bond donors (Lipinski definition) is 2. The highest BCUT2D eigenvalue weighted by Crippen LogP contribution is 2.30. The topological polar surface area (TPSA) is 67.4 Å². The second-order valence-corrected chi connectivity index (χ2v) is 7.87. The molecule has 2 N–H and O–H groups in total. The third-order valence-electron chi connectivity index (χ3n) is 5.04. The summed E-state index contributed by atoms with van der Waals surface area (Å²) >= 11 is 3.38. The van der Waals surface area contributed by atoms with Gasteiger partial charge in [-0.2, -0.15) is 0 Å². The molecule has 1 atom stereocenters. The van der Waals surface area contributed by atoms with Crippen molar-refractivity contribution in [2.24, 2.45) is 11.8 Å². The van der Waals surface area contributed by atoms with Gasteiger partial charge in [-0.1, -0.05) is 42.6 Å². The smallest absolute Gasteiger partial charge is 0.279 e. The van der Waals surface area contributed by atoms with Crippen molar-refractivity contribution in [1.29, 1.82) is 0 Å². The molecule has 5 nitrogen and oxygen atoms in total. The quantitative estimate of drug-likeness (QED) is 0.638. The summed E-state index contributed by atoms with van der Waals surface area (Å²) in [5, 5.41) is 0. The summed E-state index contributed by atoms with van der Waals surface area (Å²) in [7, 11) is 0. The van der Waals surface area contributed by atoms with Crippen LogP contribution in [0.3, 0.4) is 0 Å². The molecule has 1 saturated carbocycles. The van der Waals surface area contributed by atoms with Crippen molar-refractivity contribution in [2.75, 3.05) is 0 Å². The minimum absolute atomic E-state index is 0.00452. The van der Waals surface area contributed by atoms with Gasteiger partial charge in [0.2, 0.25) is 5.91 Å². The summed E-state index contributed by atoms with van der Waals surface area (Å²) in [6, 6.07) is 7.35. The first-order valence-electron chi connectivity index (χ1n) is 9.55. The normalized spacial score (nSPS) is 20.9. The van der Waals surface area contributed by atoms with Gasteiger partial charge in [-0.15, -0.1) is 0 Å². The van der Waals surface area contributed by atoms with E-state index >= 15 is 0 Å². The lowest BCUT2D eigenvalue weighted by Gasteiger charge is -2.27. The summed E-state index contributed by atoms with van der Waals surface area (Å²) in [4.78, 5) is 24.7. The standard InChI is InChI=1S/C20H29BrN2O3/c1-3-5-18(26-17-12-10-16(21)11-13-17)20(25)23-22-19(24)15-8-6-14(4-2)7-9-15/h10-15,18H,3-9H2,1-2H3,(H,22,24)(H,23,25)/t14?,15?,18-/m1/s1. The number of hydrogen-bond acceptors (Lipinski definition) is 3. The van der Waals surface area contributed by atoms with E-state index < -0.39 is 6.10 Å². The molecule has 1 aliphatic carbocycles. The predicted molar refractivity (Wildman–Crippen MR) is 105 cm³/mol. The summed E-state index contributed by atoms with van der Waals surface area (Å²) in [6.07, 6.45) is 5.92. The van der Waals surface area contributed by atoms with E-state index in [9.17, 15) is 9.59 Å². The first-order valence-corrected chi connectivity index (χ1v) is 10.3. The number of ether oxygens (including phenoxy) is 1. The van der Waals surface area contributed by atoms with E-state index in [1.807, 2.05) is 31.2 Å². The molecule has 0 aromatic heterocycles. The monoisotopic (exact) mass is 424 g/mol. The molecule has 2 amide bonds. The first-order chi connectivity index (χ1) is 12.5. The van der Waals surface area contributed by atoms with E-state index in [1.54, 1.807) is 0 Å². The number of nitrogens with one attached hydrogen (secondary N) is 2. The number of benzene rings is 1. The minimum Gasteiger partial charge on any atom is -0.481 e. The fraction of sp³-hybridized carbons (Fsp3) is 0.600. The molecule has 1 aliphatic rings. The van der Waals surface area contributed by atoms with Crippen LogP contribution in [0.4, 0.5) is 0 Å². The van der Waals surface area contributed by atoms with Crippen LogP contribution in [-0.2, 0) is 9.59 Å². The molecule has 0 radical (unpaired) electrons. The molecule has 2 rings (SSSR count). The van der Waals surface area contributed by atoms with Crippen LogP contribution in [0.25, 0.3) is 0 Å². The van der Waals surface area contributed by atoms with Gasteiger partial charge in [0.25, 0.3) is 5.91 Å². The molecule has 1 aromatic rings. The van der Waals surface area contributed by atoms with Crippen molar-refractivity contribution < 1.29 is 14.3 Å². The maximum atomic E-state index is 12.4. The van der Waals surface area contributed by atoms with E-state index in [1.165, 1.54) is 6.42 Å². The van der Waals surface area contributed by atoms with Crippen LogP contribution in [0.5, 0.6) is 5.75 Å². The highest BCUT2D eigenvalue weighted by molar-refractivity contribution is 9.10. The van der Waals surface area contributed by atoms with Crippen LogP contribution in [0.2, 0.25) is 0 Å². The van der Waals surface area contributed by atoms with Gasteiger partial charge in [0.05, 0.1) is 0 Å². The zero-order chi connectivity index (χ0) is 18.9. The summed E-state index contributed by atoms with van der Waals surface area (Å²) < 4.78 is 6.74. The Balaban J connectivity index is 1.83.